The average molecular weight is 310 g/mol. The van der Waals surface area contributed by atoms with E-state index < -0.39 is 17.9 Å². The molecule has 2 rings (SSSR count). The summed E-state index contributed by atoms with van der Waals surface area (Å²) in [5, 5.41) is 3.05. The maximum atomic E-state index is 14.3. The molecule has 2 atom stereocenters. The van der Waals surface area contributed by atoms with Gasteiger partial charge in [-0.15, -0.1) is 0 Å². The molecule has 0 radical (unpaired) electrons. The normalized spacial score (nSPS) is 22.3. The van der Waals surface area contributed by atoms with Crippen LogP contribution in [0.5, 0.6) is 0 Å². The lowest BCUT2D eigenvalue weighted by molar-refractivity contribution is 0.0125. The number of alkyl halides is 1. The number of ether oxygens (including phenoxy) is 1. The number of rotatable bonds is 2. The lowest BCUT2D eigenvalue weighted by Crippen LogP contribution is -2.51. The molecule has 1 fully saturated rings. The Balaban J connectivity index is 1.91. The van der Waals surface area contributed by atoms with Crippen molar-refractivity contribution in [2.75, 3.05) is 18.4 Å². The Morgan fingerprint density at radius 2 is 2.18 bits per heavy atom. The van der Waals surface area contributed by atoms with E-state index in [1.54, 1.807) is 33.2 Å². The average Bonchev–Trinajstić information content (AvgIpc) is 2.39. The topological polar surface area (TPSA) is 67.4 Å². The molecule has 122 valence electrons. The third-order valence-corrected chi connectivity index (χ3v) is 3.28. The Labute approximate surface area is 130 Å². The minimum atomic E-state index is -1.18. The fraction of sp³-hybridized carbons (Fsp3) is 0.667. The van der Waals surface area contributed by atoms with Crippen LogP contribution in [-0.2, 0) is 4.74 Å². The Hall–Kier alpha value is -1.92. The molecule has 1 amide bonds. The van der Waals surface area contributed by atoms with Gasteiger partial charge in [-0.2, -0.15) is 0 Å². The third kappa shape index (κ3) is 4.54. The first kappa shape index (κ1) is 16.5. The number of aromatic nitrogens is 2. The summed E-state index contributed by atoms with van der Waals surface area (Å²) in [6, 6.07) is -0.380. The van der Waals surface area contributed by atoms with E-state index in [4.69, 9.17) is 4.74 Å². The summed E-state index contributed by atoms with van der Waals surface area (Å²) in [4.78, 5) is 21.7. The minimum Gasteiger partial charge on any atom is -0.444 e. The van der Waals surface area contributed by atoms with Crippen molar-refractivity contribution in [3.8, 4) is 0 Å². The zero-order valence-electron chi connectivity index (χ0n) is 13.5. The van der Waals surface area contributed by atoms with Crippen molar-refractivity contribution in [3.05, 3.63) is 18.1 Å². The van der Waals surface area contributed by atoms with Crippen LogP contribution in [0.25, 0.3) is 0 Å². The molecule has 7 heteroatoms. The molecular formula is C15H23FN4O2. The smallest absolute Gasteiger partial charge is 0.410 e. The molecule has 1 aromatic heterocycles. The van der Waals surface area contributed by atoms with Gasteiger partial charge in [0.1, 0.15) is 17.6 Å². The van der Waals surface area contributed by atoms with Crippen LogP contribution in [0.1, 0.15) is 32.9 Å². The van der Waals surface area contributed by atoms with E-state index in [9.17, 15) is 9.18 Å². The van der Waals surface area contributed by atoms with Crippen LogP contribution < -0.4 is 5.32 Å². The third-order valence-electron chi connectivity index (χ3n) is 3.28. The molecule has 1 aromatic rings. The molecule has 1 N–H and O–H groups in total. The Morgan fingerprint density at radius 3 is 2.77 bits per heavy atom. The maximum absolute atomic E-state index is 14.3. The highest BCUT2D eigenvalue weighted by molar-refractivity contribution is 5.68. The van der Waals surface area contributed by atoms with Gasteiger partial charge in [0.15, 0.2) is 0 Å². The second-order valence-electron chi connectivity index (χ2n) is 6.53. The number of hydrogen-bond acceptors (Lipinski definition) is 5. The zero-order valence-corrected chi connectivity index (χ0v) is 13.5. The summed E-state index contributed by atoms with van der Waals surface area (Å²) >= 11 is 0. The van der Waals surface area contributed by atoms with E-state index in [0.717, 1.165) is 5.69 Å². The number of nitrogens with one attached hydrogen (secondary N) is 1. The Kier molecular flexibility index (Phi) is 4.83. The molecule has 1 aliphatic heterocycles. The van der Waals surface area contributed by atoms with Crippen molar-refractivity contribution in [1.82, 2.24) is 14.9 Å². The fourth-order valence-corrected chi connectivity index (χ4v) is 2.28. The quantitative estimate of drug-likeness (QED) is 0.909. The summed E-state index contributed by atoms with van der Waals surface area (Å²) in [6.07, 6.45) is 2.06. The molecule has 0 saturated carbocycles. The molecular weight excluding hydrogens is 287 g/mol. The van der Waals surface area contributed by atoms with E-state index in [2.05, 4.69) is 15.3 Å². The van der Waals surface area contributed by atoms with E-state index >= 15 is 0 Å². The Morgan fingerprint density at radius 1 is 1.45 bits per heavy atom. The molecule has 0 bridgehead atoms. The summed E-state index contributed by atoms with van der Waals surface area (Å²) < 4.78 is 19.6. The fourth-order valence-electron chi connectivity index (χ4n) is 2.28. The molecule has 22 heavy (non-hydrogen) atoms. The highest BCUT2D eigenvalue weighted by Gasteiger charge is 2.33. The predicted molar refractivity (Wildman–Crippen MR) is 81.5 cm³/mol. The van der Waals surface area contributed by atoms with Gasteiger partial charge >= 0.3 is 6.09 Å². The van der Waals surface area contributed by atoms with Crippen LogP contribution in [0.2, 0.25) is 0 Å². The van der Waals surface area contributed by atoms with Crippen molar-refractivity contribution in [2.24, 2.45) is 0 Å². The lowest BCUT2D eigenvalue weighted by Gasteiger charge is -2.36. The van der Waals surface area contributed by atoms with Crippen LogP contribution in [-0.4, -0.2) is 51.9 Å². The van der Waals surface area contributed by atoms with Gasteiger partial charge in [-0.25, -0.2) is 14.2 Å². The number of amides is 1. The van der Waals surface area contributed by atoms with Crippen LogP contribution in [0.15, 0.2) is 12.4 Å². The number of anilines is 1. The number of carbonyl (C=O) groups is 1. The molecule has 0 spiro atoms. The molecule has 1 saturated heterocycles. The summed E-state index contributed by atoms with van der Waals surface area (Å²) in [5.41, 5.74) is 0.196. The van der Waals surface area contributed by atoms with Gasteiger partial charge in [-0.1, -0.05) is 0 Å². The van der Waals surface area contributed by atoms with Gasteiger partial charge in [0.2, 0.25) is 0 Å². The molecule has 0 aromatic carbocycles. The van der Waals surface area contributed by atoms with Crippen molar-refractivity contribution >= 4 is 11.9 Å². The molecule has 0 unspecified atom stereocenters. The largest absolute Gasteiger partial charge is 0.444 e. The molecule has 0 aliphatic carbocycles. The lowest BCUT2D eigenvalue weighted by atomic mass is 10.0. The van der Waals surface area contributed by atoms with Crippen LogP contribution in [0.4, 0.5) is 15.0 Å². The van der Waals surface area contributed by atoms with Crippen LogP contribution in [0, 0.1) is 6.92 Å². The minimum absolute atomic E-state index is 0.0197. The van der Waals surface area contributed by atoms with Crippen LogP contribution >= 0.6 is 0 Å². The monoisotopic (exact) mass is 310 g/mol. The van der Waals surface area contributed by atoms with Gasteiger partial charge in [-0.3, -0.25) is 4.98 Å². The SMILES string of the molecule is Cc1cncc(N[C@H]2CCN(C(=O)OC(C)(C)C)C[C@@H]2F)n1. The zero-order chi connectivity index (χ0) is 16.3. The van der Waals surface area contributed by atoms with Gasteiger partial charge in [-0.05, 0) is 34.1 Å². The van der Waals surface area contributed by atoms with Gasteiger partial charge < -0.3 is 15.0 Å². The van der Waals surface area contributed by atoms with Gasteiger partial charge in [0.25, 0.3) is 0 Å². The molecule has 1 aliphatic rings. The van der Waals surface area contributed by atoms with Gasteiger partial charge in [0.05, 0.1) is 24.5 Å². The number of nitrogens with zero attached hydrogens (tertiary/aromatic N) is 3. The van der Waals surface area contributed by atoms with Gasteiger partial charge in [0, 0.05) is 12.7 Å². The van der Waals surface area contributed by atoms with Crippen molar-refractivity contribution in [1.29, 1.82) is 0 Å². The predicted octanol–water partition coefficient (Wildman–Crippen LogP) is 2.54. The first-order valence-corrected chi connectivity index (χ1v) is 7.42. The second-order valence-corrected chi connectivity index (χ2v) is 6.53. The Bertz CT molecular complexity index is 533. The molecule has 6 nitrogen and oxygen atoms in total. The number of halogens is 1. The standard InChI is InChI=1S/C15H23FN4O2/c1-10-7-17-8-13(18-10)19-12-5-6-20(9-11(12)16)14(21)22-15(2,3)4/h7-8,11-12H,5-6,9H2,1-4H3,(H,18,19)/t11-,12-/m0/s1. The maximum Gasteiger partial charge on any atom is 0.410 e. The number of piperidine rings is 1. The number of carbonyl (C=O) groups excluding carboxylic acids is 1. The number of hydrogen-bond donors (Lipinski definition) is 1. The highest BCUT2D eigenvalue weighted by Crippen LogP contribution is 2.20. The summed E-state index contributed by atoms with van der Waals surface area (Å²) in [7, 11) is 0. The molecule has 2 heterocycles. The number of aryl methyl sites for hydroxylation is 1. The van der Waals surface area contributed by atoms with Crippen LogP contribution in [0.3, 0.4) is 0 Å². The first-order chi connectivity index (χ1) is 10.2. The first-order valence-electron chi connectivity index (χ1n) is 7.42. The van der Waals surface area contributed by atoms with E-state index in [1.807, 2.05) is 6.92 Å². The number of likely N-dealkylation sites (tertiary alicyclic amines) is 1. The van der Waals surface area contributed by atoms with Crippen molar-refractivity contribution in [2.45, 2.75) is 51.9 Å². The van der Waals surface area contributed by atoms with Crippen molar-refractivity contribution < 1.29 is 13.9 Å². The summed E-state index contributed by atoms with van der Waals surface area (Å²) in [6.45, 7) is 7.68. The second kappa shape index (κ2) is 6.46. The van der Waals surface area contributed by atoms with E-state index in [1.165, 1.54) is 4.90 Å². The van der Waals surface area contributed by atoms with Crippen molar-refractivity contribution in [3.63, 3.8) is 0 Å². The highest BCUT2D eigenvalue weighted by atomic mass is 19.1. The van der Waals surface area contributed by atoms with E-state index in [0.29, 0.717) is 18.8 Å². The van der Waals surface area contributed by atoms with E-state index in [-0.39, 0.29) is 12.6 Å². The summed E-state index contributed by atoms with van der Waals surface area (Å²) in [5.74, 6) is 0.554.